The predicted molar refractivity (Wildman–Crippen MR) is 442 cm³/mol. The number of nitro groups is 3. The number of carbonyl (C=O) groups is 5. The summed E-state index contributed by atoms with van der Waals surface area (Å²) in [5.41, 5.74) is 9.29. The monoisotopic (exact) mass is 1750 g/mol. The maximum Gasteiger partial charge on any atom is 0.352 e. The number of amides is 1. The predicted octanol–water partition coefficient (Wildman–Crippen LogP) is 19.2. The van der Waals surface area contributed by atoms with Gasteiger partial charge in [-0.1, -0.05) is 111 Å². The van der Waals surface area contributed by atoms with Crippen molar-refractivity contribution in [2.24, 2.45) is 0 Å². The van der Waals surface area contributed by atoms with E-state index in [9.17, 15) is 62.7 Å². The molecule has 13 rings (SSSR count). The maximum absolute atomic E-state index is 13.1. The highest BCUT2D eigenvalue weighted by molar-refractivity contribution is 8.00. The van der Waals surface area contributed by atoms with E-state index in [2.05, 4.69) is 24.9 Å². The first-order valence-electron chi connectivity index (χ1n) is 32.3. The molecular formula is C70H61Cl5N14O16S7. The van der Waals surface area contributed by atoms with E-state index in [-0.39, 0.29) is 101 Å². The number of benzene rings is 6. The number of esters is 3. The van der Waals surface area contributed by atoms with Crippen LogP contribution in [0.3, 0.4) is 0 Å². The largest absolute Gasteiger partial charge is 0.462 e. The van der Waals surface area contributed by atoms with Crippen molar-refractivity contribution < 1.29 is 61.4 Å². The van der Waals surface area contributed by atoms with Gasteiger partial charge in [0.2, 0.25) is 14.2 Å². The van der Waals surface area contributed by atoms with Gasteiger partial charge in [0, 0.05) is 103 Å². The molecule has 11 aromatic rings. The summed E-state index contributed by atoms with van der Waals surface area (Å²) in [5.74, 6) is 0.192. The molecule has 0 aliphatic carbocycles. The molecule has 42 heteroatoms. The quantitative estimate of drug-likeness (QED) is 0.0253. The van der Waals surface area contributed by atoms with Gasteiger partial charge in [-0.2, -0.15) is 0 Å². The Balaban J connectivity index is 0.000000161. The fraction of sp³-hybridized carbons (Fsp3) is 0.200. The number of rotatable bonds is 18. The van der Waals surface area contributed by atoms with Crippen LogP contribution in [0.5, 0.6) is 0 Å². The summed E-state index contributed by atoms with van der Waals surface area (Å²) in [4.78, 5) is 126. The highest BCUT2D eigenvalue weighted by atomic mass is 35.5. The van der Waals surface area contributed by atoms with Crippen LogP contribution in [0.1, 0.15) is 74.7 Å². The van der Waals surface area contributed by atoms with Crippen LogP contribution < -0.4 is 29.4 Å². The Kier molecular flexibility index (Phi) is 29.2. The highest BCUT2D eigenvalue weighted by Gasteiger charge is 2.35. The Labute approximate surface area is 688 Å². The molecule has 2 aliphatic heterocycles. The molecule has 6 aromatic carbocycles. The number of ketones is 1. The number of anilines is 12. The van der Waals surface area contributed by atoms with Crippen molar-refractivity contribution in [3.8, 4) is 0 Å². The second kappa shape index (κ2) is 38.0. The van der Waals surface area contributed by atoms with E-state index >= 15 is 0 Å². The van der Waals surface area contributed by atoms with Crippen LogP contribution in [0, 0.1) is 30.3 Å². The summed E-state index contributed by atoms with van der Waals surface area (Å²) in [5, 5.41) is 35.7. The Morgan fingerprint density at radius 1 is 0.536 bits per heavy atom. The second-order valence-electron chi connectivity index (χ2n) is 22.9. The first kappa shape index (κ1) is 86.0. The molecule has 0 atom stereocenters. The van der Waals surface area contributed by atoms with Gasteiger partial charge in [0.25, 0.3) is 23.0 Å². The van der Waals surface area contributed by atoms with Crippen molar-refractivity contribution in [1.82, 2.24) is 24.9 Å². The van der Waals surface area contributed by atoms with E-state index in [1.807, 2.05) is 96.9 Å². The van der Waals surface area contributed by atoms with Crippen molar-refractivity contribution in [3.63, 3.8) is 0 Å². The van der Waals surface area contributed by atoms with Gasteiger partial charge in [-0.3, -0.25) is 44.8 Å². The fourth-order valence-corrected chi connectivity index (χ4v) is 17.1. The number of para-hydroxylation sites is 1. The van der Waals surface area contributed by atoms with Crippen LogP contribution in [0.4, 0.5) is 86.0 Å². The normalized spacial score (nSPS) is 11.8. The third kappa shape index (κ3) is 19.9. The van der Waals surface area contributed by atoms with Crippen molar-refractivity contribution in [3.05, 3.63) is 223 Å². The van der Waals surface area contributed by atoms with Gasteiger partial charge in [-0.25, -0.2) is 47.7 Å². The van der Waals surface area contributed by atoms with Crippen LogP contribution >= 0.6 is 126 Å². The second-order valence-corrected chi connectivity index (χ2v) is 32.9. The van der Waals surface area contributed by atoms with E-state index in [1.54, 1.807) is 56.9 Å². The molecule has 0 saturated heterocycles. The lowest BCUT2D eigenvalue weighted by molar-refractivity contribution is -0.384. The zero-order valence-corrected chi connectivity index (χ0v) is 69.6. The number of hydrogen-bond acceptors (Lipinski definition) is 32. The number of hydrogen-bond donors (Lipinski definition) is 0. The molecule has 2 aliphatic rings. The first-order chi connectivity index (χ1) is 53.2. The zero-order valence-electron chi connectivity index (χ0n) is 60.1. The molecule has 0 spiro atoms. The zero-order chi connectivity index (χ0) is 81.7. The Bertz CT molecular complexity index is 5520. The lowest BCUT2D eigenvalue weighted by Gasteiger charge is -2.24. The number of thiazole rings is 5. The molecule has 0 radical (unpaired) electrons. The number of carbonyl (C=O) groups excluding carboxylic acids is 5. The summed E-state index contributed by atoms with van der Waals surface area (Å²) in [7, 11) is 4.78. The third-order valence-corrected chi connectivity index (χ3v) is 24.1. The molecule has 7 heterocycles. The fourth-order valence-electron chi connectivity index (χ4n) is 10.7. The SMILES string of the molecule is CCOC(=O)c1sc(S(C)(=O)=O)nc1N(C)c1ccc(Cl)cc1[N+](=O)[O-].CCOC(=O)c1sc(SC)nc1N(C)c1ccc(Cl)cc1[N+](=O)[O-].CCOC(=O)c1scnc1N(C)c1ccc(Cl)cc1[N+](=O)[O-].CN1c2ccc(Cl)cc2CC(=O)c2scnc21.CN1c2ccc(Cl)cc2N(c2ccccc2)C(=O)c2scnc21. The molecule has 112 heavy (non-hydrogen) atoms. The maximum atomic E-state index is 13.1. The van der Waals surface area contributed by atoms with E-state index < -0.39 is 42.5 Å². The summed E-state index contributed by atoms with van der Waals surface area (Å²) in [6, 6.07) is 33.3. The number of ether oxygens (including phenoxy) is 3. The van der Waals surface area contributed by atoms with E-state index in [0.29, 0.717) is 59.4 Å². The van der Waals surface area contributed by atoms with Gasteiger partial charge in [0.1, 0.15) is 26.8 Å². The van der Waals surface area contributed by atoms with Crippen LogP contribution in [0.15, 0.2) is 147 Å². The van der Waals surface area contributed by atoms with Crippen molar-refractivity contribution in [1.29, 1.82) is 0 Å². The Morgan fingerprint density at radius 2 is 0.955 bits per heavy atom. The highest BCUT2D eigenvalue weighted by Crippen LogP contribution is 2.47. The Hall–Kier alpha value is -10.0. The van der Waals surface area contributed by atoms with Gasteiger partial charge in [0.15, 0.2) is 53.8 Å². The van der Waals surface area contributed by atoms with Gasteiger partial charge in [0.05, 0.1) is 62.5 Å². The van der Waals surface area contributed by atoms with Crippen LogP contribution in [0.25, 0.3) is 0 Å². The molecule has 584 valence electrons. The molecule has 0 unspecified atom stereocenters. The van der Waals surface area contributed by atoms with Crippen molar-refractivity contribution >= 4 is 252 Å². The number of nitro benzene ring substituents is 3. The summed E-state index contributed by atoms with van der Waals surface area (Å²) < 4.78 is 38.9. The van der Waals surface area contributed by atoms with Crippen molar-refractivity contribution in [2.75, 3.05) is 97.0 Å². The Morgan fingerprint density at radius 3 is 1.45 bits per heavy atom. The van der Waals surface area contributed by atoms with Gasteiger partial charge in [-0.05, 0) is 118 Å². The molecule has 0 saturated carbocycles. The lowest BCUT2D eigenvalue weighted by atomic mass is 10.1. The number of halogens is 5. The molecule has 0 N–H and O–H groups in total. The number of aromatic nitrogens is 5. The molecule has 30 nitrogen and oxygen atoms in total. The smallest absolute Gasteiger partial charge is 0.352 e. The average Bonchev–Trinajstić information content (AvgIpc) is 1.61. The number of Topliss-reactive ketones (excluding diaryl/α,β-unsaturated/α-hetero) is 1. The van der Waals surface area contributed by atoms with E-state index in [1.165, 1.54) is 115 Å². The standard InChI is InChI=1S/C17H12ClN3OS.C14H14ClN3O6S2.C14H14ClN3O4S2.C13H12ClN3O4S.C12H9ClN2OS/c1-20-13-8-7-11(18)9-14(13)21(12-5-3-2-4-6-12)17(22)15-16(20)19-10-23-15;1-4-24-13(19)11-12(16-14(25-11)26(3,22)23)17(2)9-6-5-8(15)7-10(9)18(20)21;1-4-22-13(19)11-12(16-14(23-3)24-11)17(2)9-6-5-8(15)7-10(9)18(20)21;1-3-21-13(18)11-12(15-7-22-11)16(2)9-5-4-8(14)6-10(9)17(19)20;1-15-9-3-2-8(13)4-7(9)5-10(16)11-12(15)14-6-17-11/h2-10H,1H3;5-7H,4H2,1-3H3;5-7H,4H2,1-3H3;4-7H,3H2,1-2H3;2-4,6H,5H2,1H3. The molecule has 0 bridgehead atoms. The number of fused-ring (bicyclic) bond motifs is 4. The average molecular weight is 1760 g/mol. The minimum absolute atomic E-state index is 0.0562. The van der Waals surface area contributed by atoms with Gasteiger partial charge >= 0.3 is 17.9 Å². The molecular weight excluding hydrogens is 1690 g/mol. The van der Waals surface area contributed by atoms with Crippen LogP contribution in [-0.2, 0) is 30.5 Å². The number of nitrogens with zero attached hydrogens (tertiary/aromatic N) is 14. The lowest BCUT2D eigenvalue weighted by Crippen LogP contribution is -2.24. The topological polar surface area (TPSA) is 360 Å². The first-order valence-corrected chi connectivity index (χ1v) is 41.6. The van der Waals surface area contributed by atoms with E-state index in [0.717, 1.165) is 62.7 Å². The third-order valence-electron chi connectivity index (χ3n) is 15.7. The van der Waals surface area contributed by atoms with Crippen LogP contribution in [0.2, 0.25) is 25.1 Å². The van der Waals surface area contributed by atoms with Crippen LogP contribution in [-0.4, -0.2) is 145 Å². The number of thioether (sulfide) groups is 1. The molecule has 5 aromatic heterocycles. The summed E-state index contributed by atoms with van der Waals surface area (Å²) in [6.07, 6.45) is 3.17. The van der Waals surface area contributed by atoms with Gasteiger partial charge < -0.3 is 38.7 Å². The molecule has 1 amide bonds. The van der Waals surface area contributed by atoms with Gasteiger partial charge in [-0.15, -0.1) is 34.0 Å². The minimum atomic E-state index is -3.68. The minimum Gasteiger partial charge on any atom is -0.462 e. The van der Waals surface area contributed by atoms with Crippen molar-refractivity contribution in [2.45, 2.75) is 35.9 Å². The summed E-state index contributed by atoms with van der Waals surface area (Å²) >= 11 is 36.7. The van der Waals surface area contributed by atoms with E-state index in [4.69, 9.17) is 72.2 Å². The molecule has 0 fully saturated rings. The summed E-state index contributed by atoms with van der Waals surface area (Å²) in [6.45, 7) is 5.56. The number of sulfone groups is 1.